The Morgan fingerprint density at radius 3 is 2.34 bits per heavy atom. The standard InChI is InChI=1S/C22H24N4O3/c23-14-17-5-3-16(4-6-17)7-12-21(27)25-18-8-10-19(11-9-18)26-22(28)24-15-20-2-1-13-29-20/h3-6,8-11,20H,1-2,7,12-13,15H2,(H,25,27)(H2,24,26,28). The van der Waals surface area contributed by atoms with Crippen molar-refractivity contribution in [2.75, 3.05) is 23.8 Å². The number of aryl methyl sites for hydroxylation is 1. The second kappa shape index (κ2) is 10.2. The molecule has 1 aliphatic heterocycles. The Labute approximate surface area is 170 Å². The van der Waals surface area contributed by atoms with Crippen LogP contribution in [-0.4, -0.2) is 31.2 Å². The number of nitrogens with zero attached hydrogens (tertiary/aromatic N) is 1. The quantitative estimate of drug-likeness (QED) is 0.671. The summed E-state index contributed by atoms with van der Waals surface area (Å²) < 4.78 is 5.47. The molecule has 3 amide bonds. The third-order valence-electron chi connectivity index (χ3n) is 4.66. The number of carbonyl (C=O) groups excluding carboxylic acids is 2. The van der Waals surface area contributed by atoms with Crippen LogP contribution in [0.1, 0.15) is 30.4 Å². The molecule has 2 aromatic carbocycles. The van der Waals surface area contributed by atoms with E-state index in [0.717, 1.165) is 25.0 Å². The number of anilines is 2. The van der Waals surface area contributed by atoms with Gasteiger partial charge >= 0.3 is 6.03 Å². The number of nitrogens with one attached hydrogen (secondary N) is 3. The molecular formula is C22H24N4O3. The number of amides is 3. The summed E-state index contributed by atoms with van der Waals surface area (Å²) >= 11 is 0. The number of ether oxygens (including phenoxy) is 1. The molecule has 2 aromatic rings. The first-order chi connectivity index (χ1) is 14.1. The van der Waals surface area contributed by atoms with Crippen LogP contribution >= 0.6 is 0 Å². The first-order valence-electron chi connectivity index (χ1n) is 9.68. The Morgan fingerprint density at radius 2 is 1.72 bits per heavy atom. The summed E-state index contributed by atoms with van der Waals surface area (Å²) in [4.78, 5) is 24.1. The van der Waals surface area contributed by atoms with E-state index >= 15 is 0 Å². The minimum absolute atomic E-state index is 0.0932. The molecule has 3 N–H and O–H groups in total. The van der Waals surface area contributed by atoms with Gasteiger partial charge in [-0.15, -0.1) is 0 Å². The van der Waals surface area contributed by atoms with Gasteiger partial charge in [-0.05, 0) is 61.2 Å². The summed E-state index contributed by atoms with van der Waals surface area (Å²) in [7, 11) is 0. The average Bonchev–Trinajstić information content (AvgIpc) is 3.26. The molecule has 0 aliphatic carbocycles. The molecule has 1 fully saturated rings. The number of rotatable bonds is 7. The predicted molar refractivity (Wildman–Crippen MR) is 111 cm³/mol. The van der Waals surface area contributed by atoms with Crippen LogP contribution in [0.5, 0.6) is 0 Å². The van der Waals surface area contributed by atoms with Gasteiger partial charge in [0, 0.05) is 30.9 Å². The molecule has 1 aliphatic rings. The van der Waals surface area contributed by atoms with Gasteiger partial charge in [-0.3, -0.25) is 4.79 Å². The van der Waals surface area contributed by atoms with E-state index in [-0.39, 0.29) is 18.0 Å². The minimum Gasteiger partial charge on any atom is -0.376 e. The van der Waals surface area contributed by atoms with E-state index in [1.54, 1.807) is 36.4 Å². The largest absolute Gasteiger partial charge is 0.376 e. The summed E-state index contributed by atoms with van der Waals surface area (Å²) in [5.41, 5.74) is 2.92. The molecule has 0 aromatic heterocycles. The number of hydrogen-bond donors (Lipinski definition) is 3. The van der Waals surface area contributed by atoms with Gasteiger partial charge in [0.25, 0.3) is 0 Å². The van der Waals surface area contributed by atoms with Gasteiger partial charge in [0.15, 0.2) is 0 Å². The lowest BCUT2D eigenvalue weighted by molar-refractivity contribution is -0.116. The SMILES string of the molecule is N#Cc1ccc(CCC(=O)Nc2ccc(NC(=O)NCC3CCCO3)cc2)cc1. The smallest absolute Gasteiger partial charge is 0.319 e. The lowest BCUT2D eigenvalue weighted by atomic mass is 10.1. The lowest BCUT2D eigenvalue weighted by Crippen LogP contribution is -2.35. The van der Waals surface area contributed by atoms with Crippen molar-refractivity contribution in [3.05, 3.63) is 59.7 Å². The second-order valence-electron chi connectivity index (χ2n) is 6.90. The fourth-order valence-corrected chi connectivity index (χ4v) is 3.05. The molecule has 3 rings (SSSR count). The van der Waals surface area contributed by atoms with Crippen LogP contribution in [0.4, 0.5) is 16.2 Å². The maximum Gasteiger partial charge on any atom is 0.319 e. The van der Waals surface area contributed by atoms with Crippen LogP contribution in [-0.2, 0) is 16.0 Å². The van der Waals surface area contributed by atoms with E-state index in [2.05, 4.69) is 22.0 Å². The summed E-state index contributed by atoms with van der Waals surface area (Å²) in [6.45, 7) is 1.26. The Morgan fingerprint density at radius 1 is 1.03 bits per heavy atom. The van der Waals surface area contributed by atoms with Crippen LogP contribution in [0, 0.1) is 11.3 Å². The van der Waals surface area contributed by atoms with Crippen LogP contribution in [0.2, 0.25) is 0 Å². The van der Waals surface area contributed by atoms with Crippen molar-refractivity contribution >= 4 is 23.3 Å². The second-order valence-corrected chi connectivity index (χ2v) is 6.90. The monoisotopic (exact) mass is 392 g/mol. The van der Waals surface area contributed by atoms with Crippen molar-refractivity contribution in [3.8, 4) is 6.07 Å². The lowest BCUT2D eigenvalue weighted by Gasteiger charge is -2.12. The molecule has 0 radical (unpaired) electrons. The molecule has 7 nitrogen and oxygen atoms in total. The minimum atomic E-state index is -0.278. The van der Waals surface area contributed by atoms with E-state index in [0.29, 0.717) is 36.3 Å². The summed E-state index contributed by atoms with van der Waals surface area (Å²) in [5, 5.41) is 17.2. The number of hydrogen-bond acceptors (Lipinski definition) is 4. The van der Waals surface area contributed by atoms with Gasteiger partial charge in [0.2, 0.25) is 5.91 Å². The van der Waals surface area contributed by atoms with E-state index in [1.807, 2.05) is 12.1 Å². The zero-order chi connectivity index (χ0) is 20.5. The van der Waals surface area contributed by atoms with Gasteiger partial charge in [-0.1, -0.05) is 12.1 Å². The molecule has 0 bridgehead atoms. The normalized spacial score (nSPS) is 15.3. The number of benzene rings is 2. The highest BCUT2D eigenvalue weighted by molar-refractivity contribution is 5.92. The predicted octanol–water partition coefficient (Wildman–Crippen LogP) is 3.43. The van der Waals surface area contributed by atoms with Crippen LogP contribution < -0.4 is 16.0 Å². The molecule has 0 spiro atoms. The third kappa shape index (κ3) is 6.63. The van der Waals surface area contributed by atoms with Gasteiger partial charge in [0.05, 0.1) is 17.7 Å². The molecule has 29 heavy (non-hydrogen) atoms. The van der Waals surface area contributed by atoms with E-state index in [1.165, 1.54) is 0 Å². The molecule has 1 atom stereocenters. The van der Waals surface area contributed by atoms with Crippen molar-refractivity contribution in [3.63, 3.8) is 0 Å². The maximum atomic E-state index is 12.1. The van der Waals surface area contributed by atoms with Crippen molar-refractivity contribution in [1.82, 2.24) is 5.32 Å². The zero-order valence-corrected chi connectivity index (χ0v) is 16.1. The van der Waals surface area contributed by atoms with Crippen molar-refractivity contribution in [1.29, 1.82) is 5.26 Å². The van der Waals surface area contributed by atoms with Crippen LogP contribution in [0.3, 0.4) is 0 Å². The van der Waals surface area contributed by atoms with Crippen molar-refractivity contribution in [2.45, 2.75) is 31.8 Å². The first-order valence-corrected chi connectivity index (χ1v) is 9.68. The van der Waals surface area contributed by atoms with Gasteiger partial charge in [0.1, 0.15) is 0 Å². The molecular weight excluding hydrogens is 368 g/mol. The molecule has 0 saturated carbocycles. The zero-order valence-electron chi connectivity index (χ0n) is 16.1. The maximum absolute atomic E-state index is 12.1. The van der Waals surface area contributed by atoms with E-state index in [4.69, 9.17) is 10.00 Å². The van der Waals surface area contributed by atoms with Crippen LogP contribution in [0.25, 0.3) is 0 Å². The fraction of sp³-hybridized carbons (Fsp3) is 0.318. The van der Waals surface area contributed by atoms with Crippen LogP contribution in [0.15, 0.2) is 48.5 Å². The topological polar surface area (TPSA) is 103 Å². The highest BCUT2D eigenvalue weighted by Gasteiger charge is 2.16. The van der Waals surface area contributed by atoms with Gasteiger partial charge < -0.3 is 20.7 Å². The third-order valence-corrected chi connectivity index (χ3v) is 4.66. The number of nitriles is 1. The highest BCUT2D eigenvalue weighted by atomic mass is 16.5. The van der Waals surface area contributed by atoms with Gasteiger partial charge in [-0.2, -0.15) is 5.26 Å². The summed E-state index contributed by atoms with van der Waals surface area (Å²) in [5.74, 6) is -0.0932. The van der Waals surface area contributed by atoms with Crippen molar-refractivity contribution < 1.29 is 14.3 Å². The Kier molecular flexibility index (Phi) is 7.20. The molecule has 1 saturated heterocycles. The molecule has 1 heterocycles. The van der Waals surface area contributed by atoms with Gasteiger partial charge in [-0.25, -0.2) is 4.79 Å². The van der Waals surface area contributed by atoms with E-state index < -0.39 is 0 Å². The average molecular weight is 392 g/mol. The highest BCUT2D eigenvalue weighted by Crippen LogP contribution is 2.15. The number of urea groups is 1. The van der Waals surface area contributed by atoms with E-state index in [9.17, 15) is 9.59 Å². The fourth-order valence-electron chi connectivity index (χ4n) is 3.05. The molecule has 150 valence electrons. The molecule has 7 heteroatoms. The Hall–Kier alpha value is -3.37. The van der Waals surface area contributed by atoms with Crippen molar-refractivity contribution in [2.24, 2.45) is 0 Å². The Balaban J connectivity index is 1.40. The molecule has 1 unspecified atom stereocenters. The summed E-state index contributed by atoms with van der Waals surface area (Å²) in [6, 6.07) is 16.0. The summed E-state index contributed by atoms with van der Waals surface area (Å²) in [6.07, 6.45) is 3.05. The number of carbonyl (C=O) groups is 2. The first kappa shape index (κ1) is 20.4. The Bertz CT molecular complexity index is 866.